The molecule has 0 bridgehead atoms. The lowest BCUT2D eigenvalue weighted by molar-refractivity contribution is -0.131. The smallest absolute Gasteiger partial charge is 0.222 e. The molecule has 0 saturated carbocycles. The Balaban J connectivity index is 2.33. The van der Waals surface area contributed by atoms with Crippen molar-refractivity contribution in [2.45, 2.75) is 39.5 Å². The Bertz CT molecular complexity index is 238. The van der Waals surface area contributed by atoms with Gasteiger partial charge < -0.3 is 10.6 Å². The first kappa shape index (κ1) is 15.8. The second-order valence-electron chi connectivity index (χ2n) is 5.47. The highest BCUT2D eigenvalue weighted by atomic mass is 32.2. The third-order valence-corrected chi connectivity index (χ3v) is 4.83. The summed E-state index contributed by atoms with van der Waals surface area (Å²) in [5.74, 6) is 3.87. The van der Waals surface area contributed by atoms with Crippen LogP contribution in [0, 0.1) is 11.8 Å². The Labute approximate surface area is 116 Å². The van der Waals surface area contributed by atoms with Gasteiger partial charge in [0, 0.05) is 25.3 Å². The summed E-state index contributed by atoms with van der Waals surface area (Å²) >= 11 is 1.96. The molecule has 4 heteroatoms. The molecule has 0 aromatic carbocycles. The SMILES string of the molecule is CC(C)C(CCN)CCC(=O)N1CCCSCC1. The van der Waals surface area contributed by atoms with Gasteiger partial charge in [-0.2, -0.15) is 11.8 Å². The average Bonchev–Trinajstić information content (AvgIpc) is 2.62. The van der Waals surface area contributed by atoms with Gasteiger partial charge >= 0.3 is 0 Å². The molecule has 1 rings (SSSR count). The molecule has 3 nitrogen and oxygen atoms in total. The fourth-order valence-corrected chi connectivity index (χ4v) is 3.37. The van der Waals surface area contributed by atoms with Crippen LogP contribution in [0.15, 0.2) is 0 Å². The normalized spacial score (nSPS) is 18.8. The molecule has 1 aliphatic heterocycles. The quantitative estimate of drug-likeness (QED) is 0.807. The third-order valence-electron chi connectivity index (χ3n) is 3.78. The number of rotatable bonds is 6. The first-order chi connectivity index (χ1) is 8.65. The molecule has 1 saturated heterocycles. The third kappa shape index (κ3) is 5.61. The zero-order valence-electron chi connectivity index (χ0n) is 11.9. The van der Waals surface area contributed by atoms with Crippen LogP contribution in [0.4, 0.5) is 0 Å². The Morgan fingerprint density at radius 2 is 2.06 bits per heavy atom. The first-order valence-corrected chi connectivity index (χ1v) is 8.36. The number of carbonyl (C=O) groups is 1. The van der Waals surface area contributed by atoms with Crippen LogP contribution in [0.5, 0.6) is 0 Å². The molecule has 106 valence electrons. The van der Waals surface area contributed by atoms with Gasteiger partial charge in [0.2, 0.25) is 5.91 Å². The highest BCUT2D eigenvalue weighted by molar-refractivity contribution is 7.99. The second kappa shape index (κ2) is 8.81. The predicted octanol–water partition coefficient (Wildman–Crippen LogP) is 2.35. The minimum atomic E-state index is 0.347. The summed E-state index contributed by atoms with van der Waals surface area (Å²) in [4.78, 5) is 14.2. The van der Waals surface area contributed by atoms with Crippen molar-refractivity contribution >= 4 is 17.7 Å². The van der Waals surface area contributed by atoms with Gasteiger partial charge in [-0.15, -0.1) is 0 Å². The van der Waals surface area contributed by atoms with E-state index in [2.05, 4.69) is 18.7 Å². The van der Waals surface area contributed by atoms with E-state index in [0.717, 1.165) is 44.6 Å². The van der Waals surface area contributed by atoms with Crippen molar-refractivity contribution in [1.29, 1.82) is 0 Å². The summed E-state index contributed by atoms with van der Waals surface area (Å²) in [7, 11) is 0. The van der Waals surface area contributed by atoms with E-state index in [9.17, 15) is 4.79 Å². The molecule has 2 N–H and O–H groups in total. The van der Waals surface area contributed by atoms with Gasteiger partial charge in [0.15, 0.2) is 0 Å². The number of hydrogen-bond acceptors (Lipinski definition) is 3. The summed E-state index contributed by atoms with van der Waals surface area (Å²) in [6, 6.07) is 0. The molecule has 0 aromatic heterocycles. The fourth-order valence-electron chi connectivity index (χ4n) is 2.49. The number of hydrogen-bond donors (Lipinski definition) is 1. The topological polar surface area (TPSA) is 46.3 Å². The van der Waals surface area contributed by atoms with Crippen molar-refractivity contribution in [2.24, 2.45) is 17.6 Å². The van der Waals surface area contributed by atoms with Crippen molar-refractivity contribution in [1.82, 2.24) is 4.90 Å². The van der Waals surface area contributed by atoms with E-state index in [-0.39, 0.29) is 0 Å². The van der Waals surface area contributed by atoms with Gasteiger partial charge in [0.1, 0.15) is 0 Å². The molecule has 1 amide bonds. The lowest BCUT2D eigenvalue weighted by atomic mass is 9.88. The molecule has 18 heavy (non-hydrogen) atoms. The average molecular weight is 272 g/mol. The molecule has 0 aliphatic carbocycles. The first-order valence-electron chi connectivity index (χ1n) is 7.20. The molecule has 1 heterocycles. The summed E-state index contributed by atoms with van der Waals surface area (Å²) in [5, 5.41) is 0. The summed E-state index contributed by atoms with van der Waals surface area (Å²) in [5.41, 5.74) is 5.64. The van der Waals surface area contributed by atoms with Crippen LogP contribution in [0.2, 0.25) is 0 Å². The molecule has 1 fully saturated rings. The van der Waals surface area contributed by atoms with Crippen molar-refractivity contribution in [3.05, 3.63) is 0 Å². The van der Waals surface area contributed by atoms with Crippen LogP contribution < -0.4 is 5.73 Å². The standard InChI is InChI=1S/C14H28N2OS/c1-12(2)13(6-7-15)4-5-14(17)16-8-3-10-18-11-9-16/h12-13H,3-11,15H2,1-2H3. The zero-order valence-corrected chi connectivity index (χ0v) is 12.7. The van der Waals surface area contributed by atoms with Crippen LogP contribution in [-0.4, -0.2) is 41.9 Å². The van der Waals surface area contributed by atoms with Crippen LogP contribution >= 0.6 is 11.8 Å². The lowest BCUT2D eigenvalue weighted by Gasteiger charge is -2.23. The largest absolute Gasteiger partial charge is 0.342 e. The summed E-state index contributed by atoms with van der Waals surface area (Å²) in [6.45, 7) is 7.08. The number of thioether (sulfide) groups is 1. The molecule has 1 aliphatic rings. The molecular weight excluding hydrogens is 244 g/mol. The van der Waals surface area contributed by atoms with Gasteiger partial charge in [-0.3, -0.25) is 4.79 Å². The number of nitrogens with zero attached hydrogens (tertiary/aromatic N) is 1. The van der Waals surface area contributed by atoms with Gasteiger partial charge in [-0.05, 0) is 43.4 Å². The van der Waals surface area contributed by atoms with Crippen LogP contribution in [0.1, 0.15) is 39.5 Å². The Morgan fingerprint density at radius 3 is 2.72 bits per heavy atom. The molecular formula is C14H28N2OS. The van der Waals surface area contributed by atoms with Crippen molar-refractivity contribution < 1.29 is 4.79 Å². The second-order valence-corrected chi connectivity index (χ2v) is 6.69. The van der Waals surface area contributed by atoms with E-state index < -0.39 is 0 Å². The number of carbonyl (C=O) groups excluding carboxylic acids is 1. The van der Waals surface area contributed by atoms with Gasteiger partial charge in [0.25, 0.3) is 0 Å². The molecule has 1 atom stereocenters. The highest BCUT2D eigenvalue weighted by Crippen LogP contribution is 2.21. The van der Waals surface area contributed by atoms with E-state index in [1.165, 1.54) is 5.75 Å². The van der Waals surface area contributed by atoms with Crippen LogP contribution in [0.3, 0.4) is 0 Å². The maximum Gasteiger partial charge on any atom is 0.222 e. The summed E-state index contributed by atoms with van der Waals surface area (Å²) < 4.78 is 0. The monoisotopic (exact) mass is 272 g/mol. The van der Waals surface area contributed by atoms with E-state index in [1.54, 1.807) is 0 Å². The van der Waals surface area contributed by atoms with Crippen molar-refractivity contribution in [3.63, 3.8) is 0 Å². The van der Waals surface area contributed by atoms with Gasteiger partial charge in [-0.25, -0.2) is 0 Å². The van der Waals surface area contributed by atoms with Crippen LogP contribution in [-0.2, 0) is 4.79 Å². The molecule has 1 unspecified atom stereocenters. The van der Waals surface area contributed by atoms with Gasteiger partial charge in [-0.1, -0.05) is 13.8 Å². The van der Waals surface area contributed by atoms with E-state index in [4.69, 9.17) is 5.73 Å². The van der Waals surface area contributed by atoms with E-state index in [0.29, 0.717) is 24.2 Å². The summed E-state index contributed by atoms with van der Waals surface area (Å²) in [6.07, 6.45) is 3.89. The molecule has 0 radical (unpaired) electrons. The maximum absolute atomic E-state index is 12.2. The highest BCUT2D eigenvalue weighted by Gasteiger charge is 2.18. The molecule has 0 aromatic rings. The van der Waals surface area contributed by atoms with E-state index >= 15 is 0 Å². The molecule has 0 spiro atoms. The Kier molecular flexibility index (Phi) is 7.75. The minimum absolute atomic E-state index is 0.347. The van der Waals surface area contributed by atoms with Gasteiger partial charge in [0.05, 0.1) is 0 Å². The number of amides is 1. The van der Waals surface area contributed by atoms with Crippen LogP contribution in [0.25, 0.3) is 0 Å². The Hall–Kier alpha value is -0.220. The fraction of sp³-hybridized carbons (Fsp3) is 0.929. The van der Waals surface area contributed by atoms with E-state index in [1.807, 2.05) is 11.8 Å². The minimum Gasteiger partial charge on any atom is -0.342 e. The van der Waals surface area contributed by atoms with Crippen molar-refractivity contribution in [2.75, 3.05) is 31.1 Å². The Morgan fingerprint density at radius 1 is 1.28 bits per heavy atom. The predicted molar refractivity (Wildman–Crippen MR) is 79.8 cm³/mol. The number of nitrogens with two attached hydrogens (primary N) is 1. The zero-order chi connectivity index (χ0) is 13.4. The van der Waals surface area contributed by atoms with Crippen molar-refractivity contribution in [3.8, 4) is 0 Å². The lowest BCUT2D eigenvalue weighted by Crippen LogP contribution is -2.33. The maximum atomic E-state index is 12.2.